The number of hydrogen-bond acceptors (Lipinski definition) is 2. The van der Waals surface area contributed by atoms with Gasteiger partial charge in [-0.25, -0.2) is 0 Å². The van der Waals surface area contributed by atoms with Gasteiger partial charge >= 0.3 is 0 Å². The van der Waals surface area contributed by atoms with Crippen molar-refractivity contribution in [2.45, 2.75) is 50.4 Å². The van der Waals surface area contributed by atoms with Crippen LogP contribution in [0.4, 0.5) is 0 Å². The zero-order valence-electron chi connectivity index (χ0n) is 16.1. The van der Waals surface area contributed by atoms with Crippen molar-refractivity contribution in [1.82, 2.24) is 10.6 Å². The molecular weight excluding hydrogens is 469 g/mol. The van der Waals surface area contributed by atoms with Gasteiger partial charge in [-0.05, 0) is 41.7 Å². The van der Waals surface area contributed by atoms with Crippen LogP contribution in [0.1, 0.15) is 38.2 Å². The van der Waals surface area contributed by atoms with E-state index >= 15 is 0 Å². The number of rotatable bonds is 5. The molecule has 1 aliphatic rings. The van der Waals surface area contributed by atoms with Crippen LogP contribution in [-0.4, -0.2) is 34.3 Å². The number of halogens is 1. The van der Waals surface area contributed by atoms with Gasteiger partial charge in [0.25, 0.3) is 0 Å². The van der Waals surface area contributed by atoms with Crippen LogP contribution in [0.2, 0.25) is 0 Å². The fourth-order valence-corrected chi connectivity index (χ4v) is 5.02. The van der Waals surface area contributed by atoms with Crippen LogP contribution in [0.15, 0.2) is 47.5 Å². The Hall–Kier alpha value is -1.15. The molecule has 4 nitrogen and oxygen atoms in total. The molecular formula is C21H30IN3OS. The SMILES string of the molecule is CCS(=O)C1CCCC(NC(=NC)NCc2ccc3ccccc3c2)C1.I. The fraction of sp³-hybridized carbons (Fsp3) is 0.476. The lowest BCUT2D eigenvalue weighted by Crippen LogP contribution is -2.46. The molecule has 0 radical (unpaired) electrons. The first kappa shape index (κ1) is 22.1. The Morgan fingerprint density at radius 1 is 1.19 bits per heavy atom. The van der Waals surface area contributed by atoms with Crippen LogP contribution in [-0.2, 0) is 17.3 Å². The smallest absolute Gasteiger partial charge is 0.191 e. The van der Waals surface area contributed by atoms with E-state index in [1.165, 1.54) is 16.3 Å². The van der Waals surface area contributed by atoms with Gasteiger partial charge in [-0.15, -0.1) is 24.0 Å². The lowest BCUT2D eigenvalue weighted by molar-refractivity contribution is 0.413. The normalized spacial score (nSPS) is 21.3. The van der Waals surface area contributed by atoms with E-state index in [9.17, 15) is 4.21 Å². The highest BCUT2D eigenvalue weighted by Gasteiger charge is 2.25. The third-order valence-corrected chi connectivity index (χ3v) is 6.86. The van der Waals surface area contributed by atoms with Gasteiger partial charge in [-0.1, -0.05) is 49.7 Å². The Bertz CT molecular complexity index is 796. The summed E-state index contributed by atoms with van der Waals surface area (Å²) in [6.45, 7) is 2.75. The van der Waals surface area contributed by atoms with Gasteiger partial charge < -0.3 is 10.6 Å². The van der Waals surface area contributed by atoms with E-state index in [4.69, 9.17) is 0 Å². The van der Waals surface area contributed by atoms with Gasteiger partial charge in [0.1, 0.15) is 0 Å². The van der Waals surface area contributed by atoms with Gasteiger partial charge in [-0.3, -0.25) is 9.20 Å². The van der Waals surface area contributed by atoms with Gasteiger partial charge in [-0.2, -0.15) is 0 Å². The standard InChI is InChI=1S/C21H29N3OS.HI/c1-3-26(25)20-10-6-9-19(14-20)24-21(22-2)23-15-16-11-12-17-7-4-5-8-18(17)13-16;/h4-5,7-8,11-13,19-20H,3,6,9-10,14-15H2,1-2H3,(H2,22,23,24);1H. The molecule has 148 valence electrons. The minimum absolute atomic E-state index is 0. The molecule has 2 N–H and O–H groups in total. The minimum atomic E-state index is -0.698. The predicted octanol–water partition coefficient (Wildman–Crippen LogP) is 4.20. The maximum atomic E-state index is 12.1. The summed E-state index contributed by atoms with van der Waals surface area (Å²) in [5.41, 5.74) is 1.24. The van der Waals surface area contributed by atoms with Crippen molar-refractivity contribution in [3.8, 4) is 0 Å². The van der Waals surface area contributed by atoms with Crippen LogP contribution in [0, 0.1) is 0 Å². The highest BCUT2D eigenvalue weighted by molar-refractivity contribution is 14.0. The number of guanidine groups is 1. The topological polar surface area (TPSA) is 53.5 Å². The first-order valence-corrected chi connectivity index (χ1v) is 10.9. The van der Waals surface area contributed by atoms with E-state index in [0.29, 0.717) is 11.3 Å². The maximum absolute atomic E-state index is 12.1. The third kappa shape index (κ3) is 6.17. The molecule has 0 amide bonds. The van der Waals surface area contributed by atoms with E-state index in [-0.39, 0.29) is 24.0 Å². The summed E-state index contributed by atoms with van der Waals surface area (Å²) in [7, 11) is 1.11. The second kappa shape index (κ2) is 11.0. The monoisotopic (exact) mass is 499 g/mol. The van der Waals surface area contributed by atoms with Crippen molar-refractivity contribution in [2.24, 2.45) is 4.99 Å². The molecule has 0 saturated heterocycles. The first-order chi connectivity index (χ1) is 12.7. The molecule has 0 heterocycles. The van der Waals surface area contributed by atoms with Crippen molar-refractivity contribution in [3.05, 3.63) is 48.0 Å². The number of fused-ring (bicyclic) bond motifs is 1. The Kier molecular flexibility index (Phi) is 9.02. The molecule has 0 bridgehead atoms. The first-order valence-electron chi connectivity index (χ1n) is 9.51. The van der Waals surface area contributed by atoms with Crippen molar-refractivity contribution >= 4 is 51.5 Å². The average Bonchev–Trinajstić information content (AvgIpc) is 2.70. The maximum Gasteiger partial charge on any atom is 0.191 e. The van der Waals surface area contributed by atoms with Crippen molar-refractivity contribution in [2.75, 3.05) is 12.8 Å². The second-order valence-electron chi connectivity index (χ2n) is 6.91. The number of nitrogens with one attached hydrogen (secondary N) is 2. The van der Waals surface area contributed by atoms with Crippen LogP contribution in [0.5, 0.6) is 0 Å². The molecule has 1 saturated carbocycles. The molecule has 27 heavy (non-hydrogen) atoms. The molecule has 0 spiro atoms. The van der Waals surface area contributed by atoms with Crippen LogP contribution in [0.25, 0.3) is 10.8 Å². The molecule has 3 unspecified atom stereocenters. The largest absolute Gasteiger partial charge is 0.354 e. The van der Waals surface area contributed by atoms with Gasteiger partial charge in [0.2, 0.25) is 0 Å². The van der Waals surface area contributed by atoms with Gasteiger partial charge in [0.05, 0.1) is 0 Å². The molecule has 0 aromatic heterocycles. The van der Waals surface area contributed by atoms with Crippen molar-refractivity contribution < 1.29 is 4.21 Å². The number of hydrogen-bond donors (Lipinski definition) is 2. The summed E-state index contributed by atoms with van der Waals surface area (Å²) < 4.78 is 12.1. The fourth-order valence-electron chi connectivity index (χ4n) is 3.67. The third-order valence-electron chi connectivity index (χ3n) is 5.12. The van der Waals surface area contributed by atoms with Crippen molar-refractivity contribution in [3.63, 3.8) is 0 Å². The summed E-state index contributed by atoms with van der Waals surface area (Å²) in [5.74, 6) is 1.58. The minimum Gasteiger partial charge on any atom is -0.354 e. The zero-order valence-corrected chi connectivity index (χ0v) is 19.3. The molecule has 2 aromatic rings. The second-order valence-corrected chi connectivity index (χ2v) is 8.91. The average molecular weight is 499 g/mol. The van der Waals surface area contributed by atoms with Crippen LogP contribution >= 0.6 is 24.0 Å². The lowest BCUT2D eigenvalue weighted by atomic mass is 9.95. The summed E-state index contributed by atoms with van der Waals surface area (Å²) >= 11 is 0. The molecule has 2 aromatic carbocycles. The number of aliphatic imine (C=N–C) groups is 1. The van der Waals surface area contributed by atoms with E-state index in [2.05, 4.69) is 58.1 Å². The zero-order chi connectivity index (χ0) is 18.4. The summed E-state index contributed by atoms with van der Waals surface area (Å²) in [4.78, 5) is 4.37. The number of nitrogens with zero attached hydrogens (tertiary/aromatic N) is 1. The Balaban J connectivity index is 0.00000261. The highest BCUT2D eigenvalue weighted by atomic mass is 127. The molecule has 1 aliphatic carbocycles. The predicted molar refractivity (Wildman–Crippen MR) is 127 cm³/mol. The Morgan fingerprint density at radius 2 is 1.96 bits per heavy atom. The van der Waals surface area contributed by atoms with E-state index < -0.39 is 10.8 Å². The molecule has 3 rings (SSSR count). The highest BCUT2D eigenvalue weighted by Crippen LogP contribution is 2.23. The van der Waals surface area contributed by atoms with E-state index in [1.807, 2.05) is 6.92 Å². The van der Waals surface area contributed by atoms with Crippen LogP contribution in [0.3, 0.4) is 0 Å². The molecule has 1 fully saturated rings. The van der Waals surface area contributed by atoms with E-state index in [1.54, 1.807) is 7.05 Å². The molecule has 3 atom stereocenters. The van der Waals surface area contributed by atoms with Gasteiger partial charge in [0, 0.05) is 41.4 Å². The van der Waals surface area contributed by atoms with E-state index in [0.717, 1.165) is 43.9 Å². The Morgan fingerprint density at radius 3 is 2.70 bits per heavy atom. The molecule has 0 aliphatic heterocycles. The van der Waals surface area contributed by atoms with Gasteiger partial charge in [0.15, 0.2) is 5.96 Å². The van der Waals surface area contributed by atoms with Crippen LogP contribution < -0.4 is 10.6 Å². The number of benzene rings is 2. The lowest BCUT2D eigenvalue weighted by Gasteiger charge is -2.30. The summed E-state index contributed by atoms with van der Waals surface area (Å²) in [6.07, 6.45) is 4.31. The molecule has 6 heteroatoms. The summed E-state index contributed by atoms with van der Waals surface area (Å²) in [6, 6.07) is 15.3. The summed E-state index contributed by atoms with van der Waals surface area (Å²) in [5, 5.41) is 9.79. The quantitative estimate of drug-likeness (QED) is 0.369. The van der Waals surface area contributed by atoms with Crippen molar-refractivity contribution in [1.29, 1.82) is 0 Å². The Labute approximate surface area is 182 Å².